The van der Waals surface area contributed by atoms with E-state index < -0.39 is 229 Å². The molecule has 0 radical (unpaired) electrons. The average molecular weight is 732 g/mol. The van der Waals surface area contributed by atoms with Crippen molar-refractivity contribution < 1.29 is 57.1 Å². The van der Waals surface area contributed by atoms with Crippen LogP contribution in [0.4, 0.5) is 28.4 Å². The van der Waals surface area contributed by atoms with Gasteiger partial charge in [0.15, 0.2) is 0 Å². The highest BCUT2D eigenvalue weighted by molar-refractivity contribution is 7.00. The quantitative estimate of drug-likeness (QED) is 0.169. The third-order valence-electron chi connectivity index (χ3n) is 11.2. The SMILES string of the molecule is [2H]c1oc2c3c(c([2H])c([2H])c2c1[2H])Oc1c([2H])c(N(c2c([2H])c([2H])c(C(C([2H])([2H])[2H])(C([2H])([2H])[2H])C([2H])([2H])[2H])c([2H])c2[2H])c2c([2H])c([2H])c(C(C([2H])([2H])[2H])(C([2H])([2H])[2H])C([2H])([2H])[2H])c([2H])c2[2H])c([2H])c2c1B3c1c([2H])c([2H])c([2H])c3c1N2C1(C)CCCCC31C. The Bertz CT molecular complexity index is 3850. The zero-order valence-electron chi connectivity index (χ0n) is 63.1. The van der Waals surface area contributed by atoms with E-state index >= 15 is 0 Å². The van der Waals surface area contributed by atoms with Crippen LogP contribution in [0.25, 0.3) is 11.0 Å². The van der Waals surface area contributed by atoms with Gasteiger partial charge >= 0.3 is 0 Å². The number of rotatable bonds is 3. The van der Waals surface area contributed by atoms with Crippen LogP contribution in [0.2, 0.25) is 0 Å². The molecule has 4 heterocycles. The molecule has 10 rings (SSSR count). The number of fused-ring (bicyclic) bond motifs is 9. The number of benzene rings is 5. The zero-order chi connectivity index (χ0) is 66.4. The molecule has 1 aromatic heterocycles. The summed E-state index contributed by atoms with van der Waals surface area (Å²) in [4.78, 5) is 1.68. The topological polar surface area (TPSA) is 28.9 Å². The van der Waals surface area contributed by atoms with Crippen molar-refractivity contribution in [3.05, 3.63) is 120 Å². The van der Waals surface area contributed by atoms with Crippen LogP contribution < -0.4 is 30.9 Å². The summed E-state index contributed by atoms with van der Waals surface area (Å²) < 4.78 is 327. The van der Waals surface area contributed by atoms with Gasteiger partial charge in [0, 0.05) is 69.7 Å². The Labute approximate surface area is 364 Å². The lowest BCUT2D eigenvalue weighted by Gasteiger charge is -2.52. The largest absolute Gasteiger partial charge is 0.465 e. The summed E-state index contributed by atoms with van der Waals surface area (Å²) in [5.74, 6) is -1.49. The summed E-state index contributed by atoms with van der Waals surface area (Å²) in [5, 5.41) is -0.402. The van der Waals surface area contributed by atoms with Gasteiger partial charge in [-0.15, -0.1) is 0 Å². The van der Waals surface area contributed by atoms with Crippen molar-refractivity contribution in [3.8, 4) is 11.5 Å². The summed E-state index contributed by atoms with van der Waals surface area (Å²) >= 11 is 0. The Morgan fingerprint density at radius 3 is 2.09 bits per heavy atom. The molecule has 5 heteroatoms. The van der Waals surface area contributed by atoms with Crippen molar-refractivity contribution in [2.45, 2.75) is 102 Å². The standard InChI is InChI=1S/C48H49BN2O2/c1-45(2,3)31-15-19-33(20-16-31)50(34-21-17-32(18-22-34)46(4,5)6)35-28-38-41-40(29-35)53-39-23-14-30-24-27-52-44(30)42(39)49(41)37-13-11-12-36-43(37)51(38)48(8)26-10-9-25-47(36,48)7/h11-24,27-29H,9-10,25-26H2,1-8H3/i1D3,2D3,3D3,4D3,5D3,6D3,11D,12D,13D,14D,15D,16D,17D,18D,19D,20D,21D,22D,23D,24D,27D,28D,29D. The Balaban J connectivity index is 1.48. The van der Waals surface area contributed by atoms with Crippen molar-refractivity contribution in [3.63, 3.8) is 0 Å². The van der Waals surface area contributed by atoms with E-state index in [1.165, 1.54) is 4.90 Å². The first kappa shape index (κ1) is 12.6. The molecule has 53 heavy (non-hydrogen) atoms. The van der Waals surface area contributed by atoms with E-state index in [9.17, 15) is 19.2 Å². The lowest BCUT2D eigenvalue weighted by molar-refractivity contribution is 0.195. The number of hydrogen-bond acceptors (Lipinski definition) is 4. The van der Waals surface area contributed by atoms with Crippen molar-refractivity contribution in [1.82, 2.24) is 0 Å². The van der Waals surface area contributed by atoms with Gasteiger partial charge in [0.05, 0.1) is 39.4 Å². The highest BCUT2D eigenvalue weighted by Crippen LogP contribution is 2.62. The average Bonchev–Trinajstić information content (AvgIpc) is 1.26. The molecule has 3 aliphatic heterocycles. The number of para-hydroxylation sites is 1. The van der Waals surface area contributed by atoms with E-state index in [0.29, 0.717) is 12.8 Å². The summed E-state index contributed by atoms with van der Waals surface area (Å²) in [7, 11) is 0. The summed E-state index contributed by atoms with van der Waals surface area (Å²) in [6.45, 7) is -23.8. The first-order valence-corrected chi connectivity index (χ1v) is 16.7. The van der Waals surface area contributed by atoms with Crippen molar-refractivity contribution in [2.75, 3.05) is 9.80 Å². The van der Waals surface area contributed by atoms with Crippen molar-refractivity contribution >= 4 is 62.5 Å². The van der Waals surface area contributed by atoms with Gasteiger partial charge in [0.2, 0.25) is 0 Å². The first-order valence-electron chi connectivity index (χ1n) is 34.2. The molecule has 1 saturated carbocycles. The fraction of sp³-hybridized carbons (Fsp3) is 0.333. The maximum Gasteiger partial charge on any atom is 0.261 e. The van der Waals surface area contributed by atoms with Crippen molar-refractivity contribution in [2.24, 2.45) is 0 Å². The molecule has 1 aliphatic carbocycles. The van der Waals surface area contributed by atoms with Crippen LogP contribution in [0, 0.1) is 0 Å². The molecule has 0 N–H and O–H groups in total. The minimum Gasteiger partial charge on any atom is -0.465 e. The van der Waals surface area contributed by atoms with E-state index in [-0.39, 0.29) is 45.4 Å². The molecule has 5 aromatic carbocycles. The van der Waals surface area contributed by atoms with Crippen LogP contribution in [-0.2, 0) is 16.2 Å². The number of anilines is 5. The Morgan fingerprint density at radius 2 is 1.42 bits per heavy atom. The van der Waals surface area contributed by atoms with Gasteiger partial charge in [-0.3, -0.25) is 0 Å². The van der Waals surface area contributed by atoms with Gasteiger partial charge in [-0.2, -0.15) is 0 Å². The normalized spacial score (nSPS) is 32.1. The molecular weight excluding hydrogens is 647 g/mol. The fourth-order valence-electron chi connectivity index (χ4n) is 8.46. The summed E-state index contributed by atoms with van der Waals surface area (Å²) in [5.41, 5.74) is -20.3. The van der Waals surface area contributed by atoms with Gasteiger partial charge < -0.3 is 19.0 Å². The van der Waals surface area contributed by atoms with Crippen LogP contribution in [-0.4, -0.2) is 12.3 Å². The minimum absolute atomic E-state index is 0.0100. The van der Waals surface area contributed by atoms with Crippen LogP contribution in [0.3, 0.4) is 0 Å². The van der Waals surface area contributed by atoms with E-state index in [1.54, 1.807) is 13.8 Å². The maximum atomic E-state index is 10.7. The fourth-order valence-corrected chi connectivity index (χ4v) is 8.46. The molecule has 4 nitrogen and oxygen atoms in total. The molecule has 2 unspecified atom stereocenters. The molecule has 0 bridgehead atoms. The zero-order valence-corrected chi connectivity index (χ0v) is 28.1. The molecule has 0 spiro atoms. The van der Waals surface area contributed by atoms with Gasteiger partial charge in [0.25, 0.3) is 6.71 Å². The highest BCUT2D eigenvalue weighted by atomic mass is 16.5. The molecule has 4 aliphatic rings. The second-order valence-corrected chi connectivity index (χ2v) is 14.2. The molecule has 0 amide bonds. The highest BCUT2D eigenvalue weighted by Gasteiger charge is 2.61. The van der Waals surface area contributed by atoms with E-state index in [1.807, 2.05) is 0 Å². The second-order valence-electron chi connectivity index (χ2n) is 14.2. The molecule has 266 valence electrons. The predicted molar refractivity (Wildman–Crippen MR) is 222 cm³/mol. The molecular formula is C48H49BN2O2. The van der Waals surface area contributed by atoms with E-state index in [4.69, 9.17) is 37.9 Å². The Kier molecular flexibility index (Phi) is 2.57. The van der Waals surface area contributed by atoms with Crippen LogP contribution in [0.1, 0.15) is 145 Å². The smallest absolute Gasteiger partial charge is 0.261 e. The Hall–Kier alpha value is -4.90. The van der Waals surface area contributed by atoms with Gasteiger partial charge in [0.1, 0.15) is 18.5 Å². The lowest BCUT2D eigenvalue weighted by atomic mass is 9.34. The second kappa shape index (κ2) is 10.8. The number of furan rings is 1. The molecule has 2 atom stereocenters. The van der Waals surface area contributed by atoms with Crippen LogP contribution in [0.15, 0.2) is 107 Å². The maximum absolute atomic E-state index is 10.7. The molecule has 0 saturated heterocycles. The Morgan fingerprint density at radius 1 is 0.736 bits per heavy atom. The van der Waals surface area contributed by atoms with Crippen LogP contribution in [0.5, 0.6) is 11.5 Å². The molecule has 6 aromatic rings. The number of ether oxygens (including phenoxy) is 1. The first-order chi connectivity index (χ1) is 39.9. The summed E-state index contributed by atoms with van der Waals surface area (Å²) in [6, 6.07) is -20.1. The van der Waals surface area contributed by atoms with Gasteiger partial charge in [-0.05, 0) is 107 Å². The summed E-state index contributed by atoms with van der Waals surface area (Å²) in [6.07, 6.45) is 0.583. The molecule has 1 fully saturated rings. The van der Waals surface area contributed by atoms with Crippen LogP contribution >= 0.6 is 0 Å². The van der Waals surface area contributed by atoms with E-state index in [0.717, 1.165) is 0 Å². The van der Waals surface area contributed by atoms with E-state index in [2.05, 4.69) is 0 Å². The lowest BCUT2D eigenvalue weighted by Crippen LogP contribution is -2.63. The third kappa shape index (κ3) is 4.49. The number of nitrogens with zero attached hydrogens (tertiary/aromatic N) is 2. The minimum atomic E-state index is -4.31. The predicted octanol–water partition coefficient (Wildman–Crippen LogP) is 11.2. The van der Waals surface area contributed by atoms with Gasteiger partial charge in [-0.25, -0.2) is 0 Å². The van der Waals surface area contributed by atoms with Crippen molar-refractivity contribution in [1.29, 1.82) is 0 Å². The monoisotopic (exact) mass is 732 g/mol. The number of hydrogen-bond donors (Lipinski definition) is 0. The van der Waals surface area contributed by atoms with Gasteiger partial charge in [-0.1, -0.05) is 103 Å². The third-order valence-corrected chi connectivity index (χ3v) is 11.2.